The van der Waals surface area contributed by atoms with Gasteiger partial charge in [-0.05, 0) is 18.8 Å². The highest BCUT2D eigenvalue weighted by Gasteiger charge is 2.19. The van der Waals surface area contributed by atoms with Gasteiger partial charge in [-0.25, -0.2) is 0 Å². The van der Waals surface area contributed by atoms with E-state index in [0.29, 0.717) is 5.92 Å². The van der Waals surface area contributed by atoms with Gasteiger partial charge in [0.05, 0.1) is 6.04 Å². The molecule has 0 aliphatic rings. The lowest BCUT2D eigenvalue weighted by Gasteiger charge is -2.21. The van der Waals surface area contributed by atoms with E-state index >= 15 is 0 Å². The van der Waals surface area contributed by atoms with Crippen LogP contribution in [0.4, 0.5) is 0 Å². The molecule has 0 aromatic carbocycles. The summed E-state index contributed by atoms with van der Waals surface area (Å²) >= 11 is 0. The molecule has 0 spiro atoms. The Bertz CT molecular complexity index is 167. The number of carbonyl (C=O) groups excluding carboxylic acids is 1. The minimum atomic E-state index is -0.388. The maximum absolute atomic E-state index is 11.5. The average molecular weight is 216 g/mol. The normalized spacial score (nSPS) is 14.3. The number of rotatable bonds is 4. The van der Waals surface area contributed by atoms with Crippen molar-refractivity contribution in [3.8, 4) is 0 Å². The molecule has 15 heavy (non-hydrogen) atoms. The topological polar surface area (TPSA) is 55.1 Å². The van der Waals surface area contributed by atoms with E-state index in [1.165, 1.54) is 0 Å². The molecular formula is C12H28N2O. The van der Waals surface area contributed by atoms with Gasteiger partial charge in [0.25, 0.3) is 0 Å². The number of nitrogens with two attached hydrogens (primary N) is 1. The third-order valence-electron chi connectivity index (χ3n) is 2.39. The zero-order valence-corrected chi connectivity index (χ0v) is 11.3. The lowest BCUT2D eigenvalue weighted by molar-refractivity contribution is -0.124. The molecule has 0 aliphatic heterocycles. The second kappa shape index (κ2) is 8.72. The summed E-state index contributed by atoms with van der Waals surface area (Å²) in [7, 11) is 0. The summed E-state index contributed by atoms with van der Waals surface area (Å²) < 4.78 is 0. The van der Waals surface area contributed by atoms with Crippen LogP contribution in [0.25, 0.3) is 0 Å². The molecule has 0 radical (unpaired) electrons. The van der Waals surface area contributed by atoms with Crippen molar-refractivity contribution in [2.24, 2.45) is 17.6 Å². The highest BCUT2D eigenvalue weighted by Crippen LogP contribution is 2.02. The van der Waals surface area contributed by atoms with Crippen LogP contribution in [0.5, 0.6) is 0 Å². The summed E-state index contributed by atoms with van der Waals surface area (Å²) in [5.74, 6) is 0.596. The first-order valence-electron chi connectivity index (χ1n) is 5.92. The number of hydrogen-bond donors (Lipinski definition) is 2. The van der Waals surface area contributed by atoms with Gasteiger partial charge in [0.1, 0.15) is 0 Å². The Morgan fingerprint density at radius 1 is 1.00 bits per heavy atom. The van der Waals surface area contributed by atoms with Gasteiger partial charge in [-0.15, -0.1) is 0 Å². The fourth-order valence-corrected chi connectivity index (χ4v) is 0.790. The summed E-state index contributed by atoms with van der Waals surface area (Å²) in [6.07, 6.45) is 0. The number of nitrogens with one attached hydrogen (secondary N) is 1. The Labute approximate surface area is 94.8 Å². The van der Waals surface area contributed by atoms with E-state index in [1.54, 1.807) is 0 Å². The zero-order chi connectivity index (χ0) is 12.6. The maximum Gasteiger partial charge on any atom is 0.237 e. The van der Waals surface area contributed by atoms with E-state index in [1.807, 2.05) is 34.6 Å². The fraction of sp³-hybridized carbons (Fsp3) is 0.917. The van der Waals surface area contributed by atoms with Gasteiger partial charge in [-0.3, -0.25) is 4.79 Å². The molecule has 92 valence electrons. The molecule has 3 N–H and O–H groups in total. The molecule has 0 rings (SSSR count). The average Bonchev–Trinajstić information content (AvgIpc) is 2.19. The molecular weight excluding hydrogens is 188 g/mol. The number of hydrogen-bond acceptors (Lipinski definition) is 2. The molecule has 3 nitrogen and oxygen atoms in total. The van der Waals surface area contributed by atoms with Crippen molar-refractivity contribution in [1.29, 1.82) is 0 Å². The van der Waals surface area contributed by atoms with Crippen LogP contribution in [-0.4, -0.2) is 18.0 Å². The summed E-state index contributed by atoms with van der Waals surface area (Å²) in [5, 5.41) is 2.90. The molecule has 0 saturated heterocycles. The quantitative estimate of drug-likeness (QED) is 0.756. The van der Waals surface area contributed by atoms with Crippen LogP contribution in [0, 0.1) is 11.8 Å². The van der Waals surface area contributed by atoms with Crippen molar-refractivity contribution >= 4 is 5.91 Å². The molecule has 0 aromatic heterocycles. The second-order valence-electron chi connectivity index (χ2n) is 4.31. The van der Waals surface area contributed by atoms with Crippen molar-refractivity contribution in [2.75, 3.05) is 0 Å². The predicted octanol–water partition coefficient (Wildman–Crippen LogP) is 2.16. The summed E-state index contributed by atoms with van der Waals surface area (Å²) in [5.41, 5.74) is 5.70. The molecule has 0 bridgehead atoms. The van der Waals surface area contributed by atoms with Crippen LogP contribution in [-0.2, 0) is 4.79 Å². The molecule has 1 amide bonds. The van der Waals surface area contributed by atoms with Crippen molar-refractivity contribution in [3.05, 3.63) is 0 Å². The van der Waals surface area contributed by atoms with Crippen molar-refractivity contribution in [3.63, 3.8) is 0 Å². The van der Waals surface area contributed by atoms with Gasteiger partial charge in [-0.2, -0.15) is 0 Å². The van der Waals surface area contributed by atoms with Crippen LogP contribution in [0.2, 0.25) is 0 Å². The van der Waals surface area contributed by atoms with Crippen LogP contribution < -0.4 is 11.1 Å². The smallest absolute Gasteiger partial charge is 0.237 e. The Morgan fingerprint density at radius 2 is 1.40 bits per heavy atom. The molecule has 2 atom stereocenters. The molecule has 0 aromatic rings. The first-order valence-corrected chi connectivity index (χ1v) is 5.92. The van der Waals surface area contributed by atoms with E-state index in [4.69, 9.17) is 5.73 Å². The minimum absolute atomic E-state index is 0.0452. The van der Waals surface area contributed by atoms with Gasteiger partial charge in [0, 0.05) is 6.04 Å². The van der Waals surface area contributed by atoms with Crippen molar-refractivity contribution in [1.82, 2.24) is 5.32 Å². The van der Waals surface area contributed by atoms with E-state index < -0.39 is 0 Å². The molecule has 0 aliphatic carbocycles. The lowest BCUT2D eigenvalue weighted by Crippen LogP contribution is -2.48. The molecule has 0 fully saturated rings. The first kappa shape index (κ1) is 16.8. The predicted molar refractivity (Wildman–Crippen MR) is 66.6 cm³/mol. The lowest BCUT2D eigenvalue weighted by atomic mass is 10.0. The number of amides is 1. The zero-order valence-electron chi connectivity index (χ0n) is 11.3. The SMILES string of the molecule is CC.CC(C)C(C)NC(=O)C(N)C(C)C. The maximum atomic E-state index is 11.5. The second-order valence-corrected chi connectivity index (χ2v) is 4.31. The van der Waals surface area contributed by atoms with Gasteiger partial charge in [0.2, 0.25) is 5.91 Å². The van der Waals surface area contributed by atoms with Crippen molar-refractivity contribution < 1.29 is 4.79 Å². The van der Waals surface area contributed by atoms with E-state index in [9.17, 15) is 4.79 Å². The van der Waals surface area contributed by atoms with Crippen LogP contribution in [0.15, 0.2) is 0 Å². The Morgan fingerprint density at radius 3 is 1.67 bits per heavy atom. The Balaban J connectivity index is 0. The van der Waals surface area contributed by atoms with E-state index in [-0.39, 0.29) is 23.9 Å². The Kier molecular flexibility index (Phi) is 9.79. The van der Waals surface area contributed by atoms with Gasteiger partial charge < -0.3 is 11.1 Å². The van der Waals surface area contributed by atoms with Gasteiger partial charge in [0.15, 0.2) is 0 Å². The number of carbonyl (C=O) groups is 1. The first-order chi connectivity index (χ1) is 6.86. The highest BCUT2D eigenvalue weighted by atomic mass is 16.2. The molecule has 3 heteroatoms. The Hall–Kier alpha value is -0.570. The monoisotopic (exact) mass is 216 g/mol. The standard InChI is InChI=1S/C10H22N2O.C2H6/c1-6(2)8(5)12-10(13)9(11)7(3)4;1-2/h6-9H,11H2,1-5H3,(H,12,13);1-2H3. The molecule has 2 unspecified atom stereocenters. The van der Waals surface area contributed by atoms with E-state index in [2.05, 4.69) is 19.2 Å². The third kappa shape index (κ3) is 7.37. The fourth-order valence-electron chi connectivity index (χ4n) is 0.790. The molecule has 0 heterocycles. The van der Waals surface area contributed by atoms with Crippen molar-refractivity contribution in [2.45, 2.75) is 60.5 Å². The summed E-state index contributed by atoms with van der Waals surface area (Å²) in [6.45, 7) is 14.0. The summed E-state index contributed by atoms with van der Waals surface area (Å²) in [6, 6.07) is -0.196. The molecule has 0 saturated carbocycles. The van der Waals surface area contributed by atoms with Crippen LogP contribution in [0.3, 0.4) is 0 Å². The van der Waals surface area contributed by atoms with Gasteiger partial charge >= 0.3 is 0 Å². The highest BCUT2D eigenvalue weighted by molar-refractivity contribution is 5.81. The van der Waals surface area contributed by atoms with Gasteiger partial charge in [-0.1, -0.05) is 41.5 Å². The largest absolute Gasteiger partial charge is 0.352 e. The third-order valence-corrected chi connectivity index (χ3v) is 2.39. The minimum Gasteiger partial charge on any atom is -0.352 e. The summed E-state index contributed by atoms with van der Waals surface area (Å²) in [4.78, 5) is 11.5. The van der Waals surface area contributed by atoms with E-state index in [0.717, 1.165) is 0 Å². The van der Waals surface area contributed by atoms with Crippen LogP contribution >= 0.6 is 0 Å². The van der Waals surface area contributed by atoms with Crippen LogP contribution in [0.1, 0.15) is 48.5 Å².